The Kier molecular flexibility index (Phi) is 4.94. The minimum absolute atomic E-state index is 0.0186. The van der Waals surface area contributed by atoms with E-state index >= 15 is 0 Å². The number of aromatic nitrogens is 2. The molecule has 0 bridgehead atoms. The summed E-state index contributed by atoms with van der Waals surface area (Å²) in [7, 11) is 1.65. The van der Waals surface area contributed by atoms with E-state index in [2.05, 4.69) is 9.97 Å². The van der Waals surface area contributed by atoms with Gasteiger partial charge in [-0.25, -0.2) is 9.97 Å². The summed E-state index contributed by atoms with van der Waals surface area (Å²) in [4.78, 5) is 24.1. The molecule has 1 aliphatic heterocycles. The van der Waals surface area contributed by atoms with Crippen LogP contribution in [0.2, 0.25) is 0 Å². The fourth-order valence-corrected chi connectivity index (χ4v) is 4.20. The van der Waals surface area contributed by atoms with Crippen molar-refractivity contribution in [2.24, 2.45) is 0 Å². The molecule has 0 radical (unpaired) electrons. The van der Waals surface area contributed by atoms with Crippen LogP contribution in [0, 0.1) is 6.92 Å². The van der Waals surface area contributed by atoms with E-state index in [1.807, 2.05) is 36.1 Å². The number of ether oxygens (including phenoxy) is 1. The number of oxazole rings is 1. The molecule has 6 nitrogen and oxygen atoms in total. The number of thiazole rings is 1. The van der Waals surface area contributed by atoms with Gasteiger partial charge in [-0.2, -0.15) is 0 Å². The third-order valence-electron chi connectivity index (χ3n) is 4.82. The average Bonchev–Trinajstić information content (AvgIpc) is 3.41. The summed E-state index contributed by atoms with van der Waals surface area (Å²) in [5.41, 5.74) is 3.59. The highest BCUT2D eigenvalue weighted by atomic mass is 32.1. The van der Waals surface area contributed by atoms with Crippen LogP contribution in [-0.4, -0.2) is 34.4 Å². The summed E-state index contributed by atoms with van der Waals surface area (Å²) in [5, 5.41) is 0. The Labute approximate surface area is 161 Å². The van der Waals surface area contributed by atoms with Crippen molar-refractivity contribution in [1.82, 2.24) is 14.9 Å². The van der Waals surface area contributed by atoms with Gasteiger partial charge in [0, 0.05) is 13.0 Å². The van der Waals surface area contributed by atoms with Crippen molar-refractivity contribution in [3.05, 3.63) is 63.8 Å². The quantitative estimate of drug-likeness (QED) is 0.666. The molecular formula is C20H21N3O3S. The van der Waals surface area contributed by atoms with E-state index in [4.69, 9.17) is 9.15 Å². The standard InChI is InChI=1S/C20H21N3O3S/c1-13-18(27-12-22-13)20(24)23-8-4-7-17(23)19-21-11-16(26-19)10-14-5-3-6-15(9-14)25-2/h3,5-6,9,11-12,17H,4,7-8,10H2,1-2H3/t17-/m0/s1. The maximum atomic E-state index is 12.9. The van der Waals surface area contributed by atoms with Crippen LogP contribution in [0.3, 0.4) is 0 Å². The molecule has 0 N–H and O–H groups in total. The molecule has 3 heterocycles. The van der Waals surface area contributed by atoms with Crippen molar-refractivity contribution in [2.45, 2.75) is 32.2 Å². The molecule has 0 unspecified atom stereocenters. The zero-order valence-electron chi connectivity index (χ0n) is 15.3. The second kappa shape index (κ2) is 7.52. The van der Waals surface area contributed by atoms with Crippen LogP contribution in [0.5, 0.6) is 5.75 Å². The molecular weight excluding hydrogens is 362 g/mol. The molecule has 1 atom stereocenters. The van der Waals surface area contributed by atoms with Crippen LogP contribution >= 0.6 is 11.3 Å². The minimum Gasteiger partial charge on any atom is -0.497 e. The molecule has 1 fully saturated rings. The van der Waals surface area contributed by atoms with Crippen molar-refractivity contribution < 1.29 is 13.9 Å². The molecule has 0 spiro atoms. The summed E-state index contributed by atoms with van der Waals surface area (Å²) in [6.07, 6.45) is 4.21. The van der Waals surface area contributed by atoms with Gasteiger partial charge in [0.2, 0.25) is 5.89 Å². The first-order valence-corrected chi connectivity index (χ1v) is 9.82. The zero-order valence-corrected chi connectivity index (χ0v) is 16.2. The van der Waals surface area contributed by atoms with Gasteiger partial charge in [-0.1, -0.05) is 12.1 Å². The van der Waals surface area contributed by atoms with Gasteiger partial charge in [0.05, 0.1) is 24.5 Å². The van der Waals surface area contributed by atoms with Crippen molar-refractivity contribution >= 4 is 17.2 Å². The lowest BCUT2D eigenvalue weighted by Crippen LogP contribution is -2.30. The number of methoxy groups -OCH3 is 1. The Bertz CT molecular complexity index is 949. The first-order valence-electron chi connectivity index (χ1n) is 8.94. The number of nitrogens with zero attached hydrogens (tertiary/aromatic N) is 3. The molecule has 4 rings (SSSR count). The Balaban J connectivity index is 1.51. The summed E-state index contributed by atoms with van der Waals surface area (Å²) in [6, 6.07) is 7.78. The van der Waals surface area contributed by atoms with Crippen LogP contribution in [0.15, 0.2) is 40.4 Å². The number of rotatable bonds is 5. The van der Waals surface area contributed by atoms with Crippen LogP contribution in [0.25, 0.3) is 0 Å². The van der Waals surface area contributed by atoms with Gasteiger partial charge in [-0.15, -0.1) is 11.3 Å². The number of carbonyl (C=O) groups is 1. The number of aryl methyl sites for hydroxylation is 1. The lowest BCUT2D eigenvalue weighted by Gasteiger charge is -2.21. The normalized spacial score (nSPS) is 16.7. The van der Waals surface area contributed by atoms with E-state index in [9.17, 15) is 4.79 Å². The molecule has 0 aliphatic carbocycles. The number of hydrogen-bond acceptors (Lipinski definition) is 6. The molecule has 27 heavy (non-hydrogen) atoms. The van der Waals surface area contributed by atoms with Gasteiger partial charge < -0.3 is 14.1 Å². The second-order valence-electron chi connectivity index (χ2n) is 6.62. The lowest BCUT2D eigenvalue weighted by molar-refractivity contribution is 0.0718. The van der Waals surface area contributed by atoms with Crippen LogP contribution < -0.4 is 4.74 Å². The number of amides is 1. The van der Waals surface area contributed by atoms with Gasteiger partial charge in [0.1, 0.15) is 22.4 Å². The Morgan fingerprint density at radius 3 is 3.07 bits per heavy atom. The van der Waals surface area contributed by atoms with Gasteiger partial charge in [-0.3, -0.25) is 4.79 Å². The molecule has 140 valence electrons. The van der Waals surface area contributed by atoms with Gasteiger partial charge >= 0.3 is 0 Å². The molecule has 1 amide bonds. The maximum absolute atomic E-state index is 12.9. The number of likely N-dealkylation sites (tertiary alicyclic amines) is 1. The third kappa shape index (κ3) is 3.60. The zero-order chi connectivity index (χ0) is 18.8. The van der Waals surface area contributed by atoms with Crippen LogP contribution in [0.4, 0.5) is 0 Å². The average molecular weight is 383 g/mol. The predicted octanol–water partition coefficient (Wildman–Crippen LogP) is 4.02. The molecule has 1 aromatic carbocycles. The smallest absolute Gasteiger partial charge is 0.266 e. The minimum atomic E-state index is -0.113. The predicted molar refractivity (Wildman–Crippen MR) is 102 cm³/mol. The highest BCUT2D eigenvalue weighted by Gasteiger charge is 2.35. The number of benzene rings is 1. The first-order chi connectivity index (χ1) is 13.2. The molecule has 1 aliphatic rings. The highest BCUT2D eigenvalue weighted by molar-refractivity contribution is 7.11. The molecule has 7 heteroatoms. The van der Waals surface area contributed by atoms with Crippen molar-refractivity contribution in [3.8, 4) is 5.75 Å². The first kappa shape index (κ1) is 17.7. The fourth-order valence-electron chi connectivity index (χ4n) is 3.45. The number of carbonyl (C=O) groups excluding carboxylic acids is 1. The molecule has 0 saturated carbocycles. The van der Waals surface area contributed by atoms with Crippen molar-refractivity contribution in [3.63, 3.8) is 0 Å². The van der Waals surface area contributed by atoms with Crippen molar-refractivity contribution in [2.75, 3.05) is 13.7 Å². The molecule has 3 aromatic rings. The van der Waals surface area contributed by atoms with E-state index in [-0.39, 0.29) is 11.9 Å². The van der Waals surface area contributed by atoms with E-state index in [1.54, 1.807) is 18.8 Å². The highest BCUT2D eigenvalue weighted by Crippen LogP contribution is 2.34. The van der Waals surface area contributed by atoms with E-state index < -0.39 is 0 Å². The largest absolute Gasteiger partial charge is 0.497 e. The topological polar surface area (TPSA) is 68.5 Å². The third-order valence-corrected chi connectivity index (χ3v) is 5.74. The summed E-state index contributed by atoms with van der Waals surface area (Å²) in [5.74, 6) is 2.23. The summed E-state index contributed by atoms with van der Waals surface area (Å²) in [6.45, 7) is 2.58. The lowest BCUT2D eigenvalue weighted by atomic mass is 10.1. The van der Waals surface area contributed by atoms with Gasteiger partial charge in [0.25, 0.3) is 5.91 Å². The Morgan fingerprint density at radius 2 is 2.30 bits per heavy atom. The molecule has 1 saturated heterocycles. The Hall–Kier alpha value is -2.67. The van der Waals surface area contributed by atoms with Gasteiger partial charge in [-0.05, 0) is 37.5 Å². The van der Waals surface area contributed by atoms with E-state index in [1.165, 1.54) is 11.3 Å². The van der Waals surface area contributed by atoms with Crippen LogP contribution in [-0.2, 0) is 6.42 Å². The second-order valence-corrected chi connectivity index (χ2v) is 7.47. The Morgan fingerprint density at radius 1 is 1.41 bits per heavy atom. The van der Waals surface area contributed by atoms with Crippen LogP contribution in [0.1, 0.15) is 51.5 Å². The van der Waals surface area contributed by atoms with E-state index in [0.717, 1.165) is 35.6 Å². The monoisotopic (exact) mass is 383 g/mol. The van der Waals surface area contributed by atoms with E-state index in [0.29, 0.717) is 23.7 Å². The fraction of sp³-hybridized carbons (Fsp3) is 0.350. The van der Waals surface area contributed by atoms with Gasteiger partial charge in [0.15, 0.2) is 0 Å². The SMILES string of the molecule is COc1cccc(Cc2cnc([C@@H]3CCCN3C(=O)c3scnc3C)o2)c1. The number of hydrogen-bond donors (Lipinski definition) is 0. The van der Waals surface area contributed by atoms with Crippen molar-refractivity contribution in [1.29, 1.82) is 0 Å². The summed E-state index contributed by atoms with van der Waals surface area (Å²) < 4.78 is 11.3. The maximum Gasteiger partial charge on any atom is 0.266 e. The molecule has 2 aromatic heterocycles. The summed E-state index contributed by atoms with van der Waals surface area (Å²) >= 11 is 1.39.